The van der Waals surface area contributed by atoms with Gasteiger partial charge in [0.2, 0.25) is 5.91 Å². The molecule has 3 aromatic carbocycles. The second kappa shape index (κ2) is 13.1. The first-order valence-corrected chi connectivity index (χ1v) is 14.8. The number of nitrogens with one attached hydrogen (secondary N) is 3. The molecule has 2 atom stereocenters. The summed E-state index contributed by atoms with van der Waals surface area (Å²) in [5, 5.41) is 6.30. The van der Waals surface area contributed by atoms with Gasteiger partial charge in [-0.05, 0) is 67.7 Å². The summed E-state index contributed by atoms with van der Waals surface area (Å²) in [4.78, 5) is 34.2. The maximum atomic E-state index is 14.0. The van der Waals surface area contributed by atoms with Gasteiger partial charge in [0.25, 0.3) is 0 Å². The van der Waals surface area contributed by atoms with E-state index in [4.69, 9.17) is 0 Å². The van der Waals surface area contributed by atoms with Crippen molar-refractivity contribution in [2.24, 2.45) is 0 Å². The normalized spacial score (nSPS) is 15.8. The van der Waals surface area contributed by atoms with E-state index in [-0.39, 0.29) is 5.69 Å². The highest BCUT2D eigenvalue weighted by Gasteiger charge is 2.37. The van der Waals surface area contributed by atoms with Crippen molar-refractivity contribution in [2.75, 3.05) is 32.5 Å². The van der Waals surface area contributed by atoms with Gasteiger partial charge in [-0.25, -0.2) is 4.79 Å². The lowest BCUT2D eigenvalue weighted by molar-refractivity contribution is -0.137. The minimum absolute atomic E-state index is 0.333. The maximum Gasteiger partial charge on any atom is 0.418 e. The first-order valence-electron chi connectivity index (χ1n) is 14.8. The SMILES string of the molecule is C[C@@H](c1c[nH]c2ccccc12)[C@@H](NC(=O)N1CCC(c2ccccc2)CC1)C(=O)Nc1cc(CN(C)C)ccc1C(F)(F)F. The van der Waals surface area contributed by atoms with Gasteiger partial charge in [0.1, 0.15) is 6.04 Å². The monoisotopic (exact) mass is 605 g/mol. The van der Waals surface area contributed by atoms with E-state index in [1.54, 1.807) is 18.0 Å². The van der Waals surface area contributed by atoms with Gasteiger partial charge in [-0.15, -0.1) is 0 Å². The first kappa shape index (κ1) is 31.1. The van der Waals surface area contributed by atoms with Crippen LogP contribution in [0.2, 0.25) is 0 Å². The van der Waals surface area contributed by atoms with Crippen LogP contribution < -0.4 is 10.6 Å². The predicted molar refractivity (Wildman–Crippen MR) is 166 cm³/mol. The highest BCUT2D eigenvalue weighted by atomic mass is 19.4. The van der Waals surface area contributed by atoms with E-state index in [1.807, 2.05) is 61.5 Å². The van der Waals surface area contributed by atoms with E-state index in [0.717, 1.165) is 35.4 Å². The lowest BCUT2D eigenvalue weighted by Gasteiger charge is -2.34. The summed E-state index contributed by atoms with van der Waals surface area (Å²) >= 11 is 0. The smallest absolute Gasteiger partial charge is 0.361 e. The summed E-state index contributed by atoms with van der Waals surface area (Å²) in [5.74, 6) is -0.946. The van der Waals surface area contributed by atoms with Gasteiger partial charge in [-0.3, -0.25) is 4.79 Å². The van der Waals surface area contributed by atoms with Crippen LogP contribution in [-0.4, -0.2) is 59.9 Å². The van der Waals surface area contributed by atoms with Crippen LogP contribution in [0, 0.1) is 0 Å². The summed E-state index contributed by atoms with van der Waals surface area (Å²) in [6, 6.07) is 19.9. The molecule has 1 saturated heterocycles. The Kier molecular flexibility index (Phi) is 9.29. The molecule has 1 fully saturated rings. The van der Waals surface area contributed by atoms with E-state index in [2.05, 4.69) is 27.8 Å². The van der Waals surface area contributed by atoms with E-state index in [0.29, 0.717) is 31.1 Å². The fraction of sp³-hybridized carbons (Fsp3) is 0.353. The molecule has 0 aliphatic carbocycles. The highest BCUT2D eigenvalue weighted by Crippen LogP contribution is 2.36. The number of amides is 3. The van der Waals surface area contributed by atoms with Crippen LogP contribution in [0.3, 0.4) is 0 Å². The minimum atomic E-state index is -4.68. The van der Waals surface area contributed by atoms with Crippen molar-refractivity contribution in [3.05, 3.63) is 101 Å². The average molecular weight is 606 g/mol. The van der Waals surface area contributed by atoms with Gasteiger partial charge in [0.05, 0.1) is 11.3 Å². The zero-order valence-corrected chi connectivity index (χ0v) is 25.1. The molecule has 1 aliphatic rings. The zero-order chi connectivity index (χ0) is 31.4. The Balaban J connectivity index is 1.41. The van der Waals surface area contributed by atoms with Crippen molar-refractivity contribution in [3.63, 3.8) is 0 Å². The molecule has 1 aliphatic heterocycles. The molecule has 0 unspecified atom stereocenters. The molecule has 0 saturated carbocycles. The van der Waals surface area contributed by atoms with Crippen molar-refractivity contribution in [1.82, 2.24) is 20.1 Å². The van der Waals surface area contributed by atoms with Gasteiger partial charge in [0.15, 0.2) is 0 Å². The third kappa shape index (κ3) is 7.07. The fourth-order valence-electron chi connectivity index (χ4n) is 6.05. The van der Waals surface area contributed by atoms with Crippen LogP contribution >= 0.6 is 0 Å². The predicted octanol–water partition coefficient (Wildman–Crippen LogP) is 6.95. The number of nitrogens with zero attached hydrogens (tertiary/aromatic N) is 2. The molecule has 44 heavy (non-hydrogen) atoms. The zero-order valence-electron chi connectivity index (χ0n) is 25.1. The number of aromatic nitrogens is 1. The Morgan fingerprint density at radius 1 is 1.00 bits per heavy atom. The summed E-state index contributed by atoms with van der Waals surface area (Å²) in [7, 11) is 3.63. The van der Waals surface area contributed by atoms with E-state index in [1.165, 1.54) is 17.7 Å². The molecule has 1 aromatic heterocycles. The molecule has 10 heteroatoms. The summed E-state index contributed by atoms with van der Waals surface area (Å²) in [5.41, 5.74) is 2.21. The topological polar surface area (TPSA) is 80.5 Å². The van der Waals surface area contributed by atoms with E-state index >= 15 is 0 Å². The lowest BCUT2D eigenvalue weighted by atomic mass is 9.89. The van der Waals surface area contributed by atoms with Gasteiger partial charge < -0.3 is 25.4 Å². The van der Waals surface area contributed by atoms with E-state index in [9.17, 15) is 22.8 Å². The number of H-pyrrole nitrogens is 1. The van der Waals surface area contributed by atoms with Crippen LogP contribution in [0.1, 0.15) is 53.9 Å². The third-order valence-electron chi connectivity index (χ3n) is 8.37. The molecule has 7 nitrogen and oxygen atoms in total. The number of likely N-dealkylation sites (tertiary alicyclic amines) is 1. The van der Waals surface area contributed by atoms with Crippen LogP contribution in [0.15, 0.2) is 79.0 Å². The highest BCUT2D eigenvalue weighted by molar-refractivity contribution is 5.99. The Labute approximate surface area is 255 Å². The van der Waals surface area contributed by atoms with Crippen LogP contribution in [0.5, 0.6) is 0 Å². The largest absolute Gasteiger partial charge is 0.418 e. The quantitative estimate of drug-likeness (QED) is 0.203. The number of urea groups is 1. The Morgan fingerprint density at radius 2 is 1.68 bits per heavy atom. The molecule has 232 valence electrons. The number of aromatic amines is 1. The molecule has 0 spiro atoms. The Morgan fingerprint density at radius 3 is 2.36 bits per heavy atom. The Hall–Kier alpha value is -4.31. The number of fused-ring (bicyclic) bond motifs is 1. The van der Waals surface area contributed by atoms with Crippen molar-refractivity contribution in [3.8, 4) is 0 Å². The number of rotatable bonds is 8. The van der Waals surface area contributed by atoms with Gasteiger partial charge in [-0.2, -0.15) is 13.2 Å². The number of para-hydroxylation sites is 1. The lowest BCUT2D eigenvalue weighted by Crippen LogP contribution is -2.53. The number of piperidine rings is 1. The molecule has 3 amide bonds. The molecule has 4 aromatic rings. The van der Waals surface area contributed by atoms with E-state index < -0.39 is 35.6 Å². The number of halogens is 3. The van der Waals surface area contributed by atoms with Crippen molar-refractivity contribution in [2.45, 2.75) is 50.4 Å². The summed E-state index contributed by atoms with van der Waals surface area (Å²) in [6.07, 6.45) is -1.34. The standard InChI is InChI=1S/C34H38F3N5O2/c1-22(27-20-38-29-12-8-7-11-26(27)29)31(40-33(44)42-17-15-25(16-18-42)24-9-5-4-6-10-24)32(43)39-30-19-23(21-41(2)3)13-14-28(30)34(35,36)37/h4-14,19-20,22,25,31,38H,15-18,21H2,1-3H3,(H,39,43)(H,40,44)/t22-,31+/m0/s1. The molecule has 3 N–H and O–H groups in total. The molecule has 0 bridgehead atoms. The number of carbonyl (C=O) groups is 2. The molecule has 0 radical (unpaired) electrons. The second-order valence-electron chi connectivity index (χ2n) is 11.8. The van der Waals surface area contributed by atoms with Gasteiger partial charge >= 0.3 is 12.2 Å². The molecular formula is C34H38F3N5O2. The number of benzene rings is 3. The molecule has 5 rings (SSSR count). The van der Waals surface area contributed by atoms with Crippen LogP contribution in [0.25, 0.3) is 10.9 Å². The van der Waals surface area contributed by atoms with Crippen LogP contribution in [0.4, 0.5) is 23.7 Å². The minimum Gasteiger partial charge on any atom is -0.361 e. The van der Waals surface area contributed by atoms with Crippen molar-refractivity contribution < 1.29 is 22.8 Å². The fourth-order valence-corrected chi connectivity index (χ4v) is 6.05. The Bertz CT molecular complexity index is 1590. The second-order valence-corrected chi connectivity index (χ2v) is 11.8. The number of anilines is 1. The number of hydrogen-bond donors (Lipinski definition) is 3. The summed E-state index contributed by atoms with van der Waals surface area (Å²) in [6.45, 7) is 3.21. The maximum absolute atomic E-state index is 14.0. The summed E-state index contributed by atoms with van der Waals surface area (Å²) < 4.78 is 42.0. The van der Waals surface area contributed by atoms with Crippen molar-refractivity contribution in [1.29, 1.82) is 0 Å². The number of hydrogen-bond acceptors (Lipinski definition) is 3. The van der Waals surface area contributed by atoms with Gasteiger partial charge in [0, 0.05) is 42.7 Å². The first-order chi connectivity index (χ1) is 21.0. The van der Waals surface area contributed by atoms with Gasteiger partial charge in [-0.1, -0.05) is 61.5 Å². The van der Waals surface area contributed by atoms with Crippen molar-refractivity contribution >= 4 is 28.5 Å². The average Bonchev–Trinajstić information content (AvgIpc) is 3.43. The molecular weight excluding hydrogens is 567 g/mol. The van der Waals surface area contributed by atoms with Crippen LogP contribution in [-0.2, 0) is 17.5 Å². The third-order valence-corrected chi connectivity index (χ3v) is 8.37. The number of carbonyl (C=O) groups excluding carboxylic acids is 2. The number of alkyl halides is 3. The molecule has 2 heterocycles.